The van der Waals surface area contributed by atoms with Crippen LogP contribution >= 0.6 is 0 Å². The lowest BCUT2D eigenvalue weighted by molar-refractivity contribution is 0.272. The molecule has 1 saturated heterocycles. The fraction of sp³-hybridized carbons (Fsp3) is 0.318. The van der Waals surface area contributed by atoms with Crippen molar-refractivity contribution in [2.24, 2.45) is 0 Å². The van der Waals surface area contributed by atoms with Gasteiger partial charge < -0.3 is 0 Å². The van der Waals surface area contributed by atoms with Gasteiger partial charge in [-0.25, -0.2) is 21.5 Å². The molecule has 0 amide bonds. The van der Waals surface area contributed by atoms with Crippen molar-refractivity contribution in [2.75, 3.05) is 26.2 Å². The van der Waals surface area contributed by atoms with Crippen LogP contribution in [0.5, 0.6) is 0 Å². The van der Waals surface area contributed by atoms with Crippen LogP contribution in [0.2, 0.25) is 0 Å². The van der Waals surface area contributed by atoms with Gasteiger partial charge in [0, 0.05) is 26.2 Å². The third-order valence-corrected chi connectivity index (χ3v) is 9.74. The Kier molecular flexibility index (Phi) is 5.97. The lowest BCUT2D eigenvalue weighted by atomic mass is 10.2. The Morgan fingerprint density at radius 3 is 1.81 bits per heavy atom. The summed E-state index contributed by atoms with van der Waals surface area (Å²) in [5.74, 6) is 0. The Labute approximate surface area is 189 Å². The maximum atomic E-state index is 13.4. The van der Waals surface area contributed by atoms with E-state index < -0.39 is 20.0 Å². The van der Waals surface area contributed by atoms with Crippen LogP contribution in [0.1, 0.15) is 17.0 Å². The summed E-state index contributed by atoms with van der Waals surface area (Å²) in [7, 11) is -7.49. The fourth-order valence-electron chi connectivity index (χ4n) is 3.96. The first-order valence-corrected chi connectivity index (χ1v) is 13.2. The standard InChI is InChI=1S/C22H26N4O4S2/c1-17-9-11-21(12-10-17)31(27,28)24-13-15-25(16-14-24)32(29,30)22-18(2)23-26(19(22)3)20-7-5-4-6-8-20/h4-12H,13-16H2,1-3H3. The van der Waals surface area contributed by atoms with Crippen LogP contribution in [0.3, 0.4) is 0 Å². The van der Waals surface area contributed by atoms with Gasteiger partial charge in [0.1, 0.15) is 4.90 Å². The minimum atomic E-state index is -3.82. The lowest BCUT2D eigenvalue weighted by Crippen LogP contribution is -2.50. The van der Waals surface area contributed by atoms with E-state index in [9.17, 15) is 16.8 Å². The highest BCUT2D eigenvalue weighted by Gasteiger charge is 2.36. The molecule has 0 spiro atoms. The van der Waals surface area contributed by atoms with Crippen molar-refractivity contribution in [3.8, 4) is 5.69 Å². The first kappa shape index (κ1) is 22.7. The Morgan fingerprint density at radius 2 is 1.25 bits per heavy atom. The summed E-state index contributed by atoms with van der Waals surface area (Å²) in [6.07, 6.45) is 0. The molecule has 0 aliphatic carbocycles. The van der Waals surface area contributed by atoms with Crippen molar-refractivity contribution in [2.45, 2.75) is 30.6 Å². The zero-order chi connectivity index (χ0) is 23.1. The van der Waals surface area contributed by atoms with Crippen LogP contribution in [0.15, 0.2) is 64.4 Å². The molecule has 0 atom stereocenters. The normalized spacial score (nSPS) is 16.3. The summed E-state index contributed by atoms with van der Waals surface area (Å²) in [5, 5.41) is 4.45. The lowest BCUT2D eigenvalue weighted by Gasteiger charge is -2.33. The Hall–Kier alpha value is -2.53. The van der Waals surface area contributed by atoms with E-state index in [2.05, 4.69) is 5.10 Å². The molecule has 0 bridgehead atoms. The largest absolute Gasteiger partial charge is 0.246 e. The summed E-state index contributed by atoms with van der Waals surface area (Å²) in [4.78, 5) is 0.395. The number of piperazine rings is 1. The van der Waals surface area contributed by atoms with Gasteiger partial charge in [-0.3, -0.25) is 0 Å². The number of aromatic nitrogens is 2. The van der Waals surface area contributed by atoms with Crippen molar-refractivity contribution in [1.29, 1.82) is 0 Å². The van der Waals surface area contributed by atoms with Crippen LogP contribution in [-0.4, -0.2) is 61.4 Å². The summed E-state index contributed by atoms with van der Waals surface area (Å²) < 4.78 is 57.1. The zero-order valence-electron chi connectivity index (χ0n) is 18.3. The zero-order valence-corrected chi connectivity index (χ0v) is 19.9. The second-order valence-electron chi connectivity index (χ2n) is 7.87. The molecule has 3 aromatic rings. The number of hydrogen-bond donors (Lipinski definition) is 0. The maximum Gasteiger partial charge on any atom is 0.246 e. The monoisotopic (exact) mass is 474 g/mol. The molecular weight excluding hydrogens is 448 g/mol. The molecule has 170 valence electrons. The number of para-hydroxylation sites is 1. The molecule has 2 aromatic carbocycles. The maximum absolute atomic E-state index is 13.4. The molecule has 1 fully saturated rings. The van der Waals surface area contributed by atoms with Gasteiger partial charge in [-0.15, -0.1) is 0 Å². The molecule has 0 saturated carbocycles. The van der Waals surface area contributed by atoms with Crippen molar-refractivity contribution in [1.82, 2.24) is 18.4 Å². The highest BCUT2D eigenvalue weighted by molar-refractivity contribution is 7.89. The van der Waals surface area contributed by atoms with Gasteiger partial charge in [-0.1, -0.05) is 35.9 Å². The van der Waals surface area contributed by atoms with Crippen molar-refractivity contribution in [3.05, 3.63) is 71.5 Å². The molecule has 4 rings (SSSR count). The topological polar surface area (TPSA) is 92.6 Å². The molecule has 1 aliphatic heterocycles. The first-order chi connectivity index (χ1) is 15.1. The van der Waals surface area contributed by atoms with Crippen molar-refractivity contribution >= 4 is 20.0 Å². The molecule has 1 aromatic heterocycles. The second-order valence-corrected chi connectivity index (χ2v) is 11.7. The van der Waals surface area contributed by atoms with Crippen molar-refractivity contribution in [3.63, 3.8) is 0 Å². The van der Waals surface area contributed by atoms with Crippen LogP contribution < -0.4 is 0 Å². The second kappa shape index (κ2) is 8.43. The summed E-state index contributed by atoms with van der Waals surface area (Å²) in [6.45, 7) is 5.67. The molecule has 2 heterocycles. The number of nitrogens with zero attached hydrogens (tertiary/aromatic N) is 4. The Balaban J connectivity index is 1.56. The number of aryl methyl sites for hydroxylation is 2. The van der Waals surface area contributed by atoms with Crippen LogP contribution in [0, 0.1) is 20.8 Å². The molecular formula is C22H26N4O4S2. The van der Waals surface area contributed by atoms with Gasteiger partial charge in [-0.2, -0.15) is 13.7 Å². The van der Waals surface area contributed by atoms with Gasteiger partial charge in [0.15, 0.2) is 0 Å². The van der Waals surface area contributed by atoms with Crippen LogP contribution in [-0.2, 0) is 20.0 Å². The minimum absolute atomic E-state index is 0.0861. The summed E-state index contributed by atoms with van der Waals surface area (Å²) >= 11 is 0. The summed E-state index contributed by atoms with van der Waals surface area (Å²) in [5.41, 5.74) is 2.70. The van der Waals surface area contributed by atoms with E-state index in [1.807, 2.05) is 37.3 Å². The van der Waals surface area contributed by atoms with E-state index in [1.54, 1.807) is 42.8 Å². The van der Waals surface area contributed by atoms with E-state index in [0.717, 1.165) is 11.3 Å². The van der Waals surface area contributed by atoms with E-state index in [0.29, 0.717) is 11.4 Å². The number of sulfonamides is 2. The molecule has 10 heteroatoms. The Bertz CT molecular complexity index is 1320. The third-order valence-electron chi connectivity index (χ3n) is 5.68. The average molecular weight is 475 g/mol. The molecule has 0 N–H and O–H groups in total. The quantitative estimate of drug-likeness (QED) is 0.567. The molecule has 1 aliphatic rings. The minimum Gasteiger partial charge on any atom is -0.236 e. The number of rotatable bonds is 5. The van der Waals surface area contributed by atoms with Gasteiger partial charge in [-0.05, 0) is 45.0 Å². The number of benzene rings is 2. The third kappa shape index (κ3) is 3.99. The predicted molar refractivity (Wildman–Crippen MR) is 122 cm³/mol. The van der Waals surface area contributed by atoms with Gasteiger partial charge >= 0.3 is 0 Å². The predicted octanol–water partition coefficient (Wildman–Crippen LogP) is 2.49. The van der Waals surface area contributed by atoms with Gasteiger partial charge in [0.05, 0.1) is 22.0 Å². The smallest absolute Gasteiger partial charge is 0.236 e. The SMILES string of the molecule is Cc1ccc(S(=O)(=O)N2CCN(S(=O)(=O)c3c(C)nn(-c4ccccc4)c3C)CC2)cc1. The highest BCUT2D eigenvalue weighted by atomic mass is 32.2. The number of hydrogen-bond acceptors (Lipinski definition) is 5. The van der Waals surface area contributed by atoms with Crippen LogP contribution in [0.4, 0.5) is 0 Å². The Morgan fingerprint density at radius 1 is 0.719 bits per heavy atom. The van der Waals surface area contributed by atoms with Gasteiger partial charge in [0.25, 0.3) is 0 Å². The fourth-order valence-corrected chi connectivity index (χ4v) is 7.16. The van der Waals surface area contributed by atoms with E-state index in [-0.39, 0.29) is 36.0 Å². The molecule has 8 nitrogen and oxygen atoms in total. The van der Waals surface area contributed by atoms with E-state index in [1.165, 1.54) is 8.61 Å². The van der Waals surface area contributed by atoms with Crippen molar-refractivity contribution < 1.29 is 16.8 Å². The molecule has 32 heavy (non-hydrogen) atoms. The van der Waals surface area contributed by atoms with E-state index in [4.69, 9.17) is 0 Å². The average Bonchev–Trinajstić information content (AvgIpc) is 3.09. The first-order valence-electron chi connectivity index (χ1n) is 10.3. The van der Waals surface area contributed by atoms with Crippen LogP contribution in [0.25, 0.3) is 5.69 Å². The van der Waals surface area contributed by atoms with Gasteiger partial charge in [0.2, 0.25) is 20.0 Å². The summed E-state index contributed by atoms with van der Waals surface area (Å²) in [6, 6.07) is 16.0. The molecule has 0 unspecified atom stereocenters. The molecule has 0 radical (unpaired) electrons. The highest BCUT2D eigenvalue weighted by Crippen LogP contribution is 2.27. The van der Waals surface area contributed by atoms with E-state index >= 15 is 0 Å².